The molecule has 1 N–H and O–H groups in total. The van der Waals surface area contributed by atoms with E-state index in [0.717, 1.165) is 54.5 Å². The number of para-hydroxylation sites is 1. The Morgan fingerprint density at radius 3 is 2.86 bits per heavy atom. The fourth-order valence-electron chi connectivity index (χ4n) is 4.40. The number of aryl methyl sites for hydroxylation is 1. The van der Waals surface area contributed by atoms with Crippen LogP contribution < -0.4 is 5.32 Å². The Hall–Kier alpha value is -2.86. The summed E-state index contributed by atoms with van der Waals surface area (Å²) in [6, 6.07) is 14.5. The Labute approximate surface area is 164 Å². The summed E-state index contributed by atoms with van der Waals surface area (Å²) in [4.78, 5) is 14.2. The van der Waals surface area contributed by atoms with Crippen molar-refractivity contribution in [2.24, 2.45) is 5.92 Å². The van der Waals surface area contributed by atoms with Crippen LogP contribution in [0, 0.1) is 12.8 Å². The first-order chi connectivity index (χ1) is 13.7. The van der Waals surface area contributed by atoms with E-state index in [4.69, 9.17) is 9.52 Å². The third-order valence-electron chi connectivity index (χ3n) is 5.79. The molecule has 2 aromatic heterocycles. The van der Waals surface area contributed by atoms with Crippen LogP contribution in [0.4, 0.5) is 0 Å². The van der Waals surface area contributed by atoms with Crippen molar-refractivity contribution in [3.05, 3.63) is 60.0 Å². The Bertz CT molecular complexity index is 991. The van der Waals surface area contributed by atoms with Gasteiger partial charge in [0.05, 0.1) is 5.69 Å². The second kappa shape index (κ2) is 6.95. The minimum absolute atomic E-state index is 0.195. The maximum atomic E-state index is 11.7. The number of nitrogens with zero attached hydrogens (tertiary/aromatic N) is 3. The fraction of sp³-hybridized carbons (Fsp3) is 0.364. The Morgan fingerprint density at radius 2 is 2.07 bits per heavy atom. The van der Waals surface area contributed by atoms with Gasteiger partial charge in [-0.1, -0.05) is 18.2 Å². The van der Waals surface area contributed by atoms with E-state index in [1.54, 1.807) is 0 Å². The zero-order valence-corrected chi connectivity index (χ0v) is 16.0. The van der Waals surface area contributed by atoms with Crippen LogP contribution in [0.3, 0.4) is 0 Å². The maximum Gasteiger partial charge on any atom is 0.220 e. The van der Waals surface area contributed by atoms with Crippen molar-refractivity contribution in [1.29, 1.82) is 0 Å². The van der Waals surface area contributed by atoms with Crippen molar-refractivity contribution >= 4 is 5.91 Å². The highest BCUT2D eigenvalue weighted by molar-refractivity contribution is 5.79. The number of amides is 1. The highest BCUT2D eigenvalue weighted by Crippen LogP contribution is 2.30. The lowest BCUT2D eigenvalue weighted by atomic mass is 9.93. The molecule has 2 aliphatic rings. The normalized spacial score (nSPS) is 22.2. The van der Waals surface area contributed by atoms with Gasteiger partial charge in [0.1, 0.15) is 11.5 Å². The molecule has 144 valence electrons. The van der Waals surface area contributed by atoms with Crippen LogP contribution in [0.15, 0.2) is 53.1 Å². The van der Waals surface area contributed by atoms with Crippen molar-refractivity contribution in [2.45, 2.75) is 32.4 Å². The predicted molar refractivity (Wildman–Crippen MR) is 106 cm³/mol. The molecule has 0 radical (unpaired) electrons. The van der Waals surface area contributed by atoms with E-state index < -0.39 is 0 Å². The maximum absolute atomic E-state index is 11.7. The molecule has 4 heterocycles. The van der Waals surface area contributed by atoms with E-state index in [-0.39, 0.29) is 5.91 Å². The van der Waals surface area contributed by atoms with Crippen LogP contribution in [0.1, 0.15) is 24.2 Å². The molecule has 0 unspecified atom stereocenters. The van der Waals surface area contributed by atoms with Crippen LogP contribution in [0.5, 0.6) is 0 Å². The average molecular weight is 376 g/mol. The number of piperidine rings is 1. The third kappa shape index (κ3) is 3.24. The highest BCUT2D eigenvalue weighted by Gasteiger charge is 2.37. The smallest absolute Gasteiger partial charge is 0.220 e. The van der Waals surface area contributed by atoms with Crippen molar-refractivity contribution in [3.8, 4) is 17.1 Å². The van der Waals surface area contributed by atoms with Crippen LogP contribution in [-0.4, -0.2) is 39.7 Å². The Morgan fingerprint density at radius 1 is 1.21 bits per heavy atom. The number of likely N-dealkylation sites (tertiary alicyclic amines) is 1. The molecule has 2 fully saturated rings. The second-order valence-corrected chi connectivity index (χ2v) is 7.86. The molecule has 2 aliphatic heterocycles. The molecular formula is C22H24N4O2. The lowest BCUT2D eigenvalue weighted by Crippen LogP contribution is -2.44. The van der Waals surface area contributed by atoms with E-state index in [2.05, 4.69) is 28.5 Å². The van der Waals surface area contributed by atoms with E-state index in [1.807, 2.05) is 41.9 Å². The monoisotopic (exact) mass is 376 g/mol. The molecule has 2 saturated heterocycles. The lowest BCUT2D eigenvalue weighted by Gasteiger charge is -2.34. The number of aromatic nitrogens is 2. The van der Waals surface area contributed by atoms with Gasteiger partial charge in [0.15, 0.2) is 5.76 Å². The molecule has 1 amide bonds. The van der Waals surface area contributed by atoms with Gasteiger partial charge < -0.3 is 9.73 Å². The topological polar surface area (TPSA) is 63.3 Å². The number of fused-ring (bicyclic) bond motifs is 1. The first-order valence-electron chi connectivity index (χ1n) is 9.88. The third-order valence-corrected chi connectivity index (χ3v) is 5.79. The first-order valence-corrected chi connectivity index (χ1v) is 9.88. The summed E-state index contributed by atoms with van der Waals surface area (Å²) in [6.45, 7) is 4.68. The highest BCUT2D eigenvalue weighted by atomic mass is 16.3. The predicted octanol–water partition coefficient (Wildman–Crippen LogP) is 3.15. The second-order valence-electron chi connectivity index (χ2n) is 7.86. The molecule has 0 saturated carbocycles. The van der Waals surface area contributed by atoms with Crippen molar-refractivity contribution in [1.82, 2.24) is 20.0 Å². The molecule has 28 heavy (non-hydrogen) atoms. The van der Waals surface area contributed by atoms with Gasteiger partial charge in [0, 0.05) is 49.8 Å². The molecule has 3 aromatic rings. The van der Waals surface area contributed by atoms with Crippen LogP contribution in [0.25, 0.3) is 17.1 Å². The zero-order chi connectivity index (χ0) is 19.1. The fourth-order valence-corrected chi connectivity index (χ4v) is 4.40. The molecule has 2 atom stereocenters. The largest absolute Gasteiger partial charge is 0.460 e. The summed E-state index contributed by atoms with van der Waals surface area (Å²) in [7, 11) is 0. The number of nitrogens with one attached hydrogen (secondary N) is 1. The minimum Gasteiger partial charge on any atom is -0.460 e. The van der Waals surface area contributed by atoms with Gasteiger partial charge in [-0.15, -0.1) is 0 Å². The number of hydrogen-bond donors (Lipinski definition) is 1. The summed E-state index contributed by atoms with van der Waals surface area (Å²) >= 11 is 0. The SMILES string of the molecule is Cc1ccc(-c2nn(-c3ccccc3)cc2CN2CC[C@@H]3NC(=O)C[C@@H]3C2)o1. The van der Waals surface area contributed by atoms with Crippen LogP contribution in [-0.2, 0) is 11.3 Å². The Balaban J connectivity index is 1.44. The summed E-state index contributed by atoms with van der Waals surface area (Å²) in [5.74, 6) is 2.29. The van der Waals surface area contributed by atoms with E-state index in [9.17, 15) is 4.79 Å². The van der Waals surface area contributed by atoms with E-state index in [1.165, 1.54) is 0 Å². The summed E-state index contributed by atoms with van der Waals surface area (Å²) in [5.41, 5.74) is 3.07. The molecular weight excluding hydrogens is 352 g/mol. The summed E-state index contributed by atoms with van der Waals surface area (Å²) in [6.07, 6.45) is 3.76. The van der Waals surface area contributed by atoms with Gasteiger partial charge >= 0.3 is 0 Å². The molecule has 1 aromatic carbocycles. The van der Waals surface area contributed by atoms with Gasteiger partial charge in [-0.25, -0.2) is 4.68 Å². The van der Waals surface area contributed by atoms with Gasteiger partial charge in [-0.05, 0) is 37.6 Å². The van der Waals surface area contributed by atoms with Crippen molar-refractivity contribution in [3.63, 3.8) is 0 Å². The molecule has 5 rings (SSSR count). The van der Waals surface area contributed by atoms with Gasteiger partial charge in [-0.2, -0.15) is 5.10 Å². The van der Waals surface area contributed by atoms with Crippen LogP contribution in [0.2, 0.25) is 0 Å². The van der Waals surface area contributed by atoms with Crippen LogP contribution >= 0.6 is 0 Å². The standard InChI is InChI=1S/C22H24N4O2/c1-15-7-8-20(28-15)22-17(14-26(24-22)18-5-3-2-4-6-18)13-25-10-9-19-16(12-25)11-21(27)23-19/h2-8,14,16,19H,9-13H2,1H3,(H,23,27)/t16-,19+/m1/s1. The molecule has 6 heteroatoms. The summed E-state index contributed by atoms with van der Waals surface area (Å²) in [5, 5.41) is 7.95. The average Bonchev–Trinajstić information content (AvgIpc) is 3.40. The zero-order valence-electron chi connectivity index (χ0n) is 16.0. The first kappa shape index (κ1) is 17.3. The number of benzene rings is 1. The number of carbonyl (C=O) groups is 1. The summed E-state index contributed by atoms with van der Waals surface area (Å²) < 4.78 is 7.81. The lowest BCUT2D eigenvalue weighted by molar-refractivity contribution is -0.119. The Kier molecular flexibility index (Phi) is 4.28. The number of hydrogen-bond acceptors (Lipinski definition) is 4. The number of furan rings is 1. The number of carbonyl (C=O) groups excluding carboxylic acids is 1. The minimum atomic E-state index is 0.195. The number of rotatable bonds is 4. The molecule has 6 nitrogen and oxygen atoms in total. The van der Waals surface area contributed by atoms with E-state index in [0.29, 0.717) is 18.4 Å². The molecule has 0 aliphatic carbocycles. The van der Waals surface area contributed by atoms with Crippen molar-refractivity contribution in [2.75, 3.05) is 13.1 Å². The van der Waals surface area contributed by atoms with Crippen molar-refractivity contribution < 1.29 is 9.21 Å². The van der Waals surface area contributed by atoms with Gasteiger partial charge in [0.2, 0.25) is 5.91 Å². The van der Waals surface area contributed by atoms with Gasteiger partial charge in [-0.3, -0.25) is 9.69 Å². The molecule has 0 spiro atoms. The van der Waals surface area contributed by atoms with Gasteiger partial charge in [0.25, 0.3) is 0 Å². The quantitative estimate of drug-likeness (QED) is 0.760. The molecule has 0 bridgehead atoms. The van der Waals surface area contributed by atoms with E-state index >= 15 is 0 Å².